The lowest BCUT2D eigenvalue weighted by Gasteiger charge is -2.11. The van der Waals surface area contributed by atoms with Crippen LogP contribution in [0.5, 0.6) is 11.5 Å². The summed E-state index contributed by atoms with van der Waals surface area (Å²) in [7, 11) is 1.58. The lowest BCUT2D eigenvalue weighted by Crippen LogP contribution is -2.36. The first-order valence-corrected chi connectivity index (χ1v) is 7.76. The van der Waals surface area contributed by atoms with Crippen LogP contribution in [0, 0.1) is 0 Å². The van der Waals surface area contributed by atoms with Crippen LogP contribution in [-0.2, 0) is 13.0 Å². The predicted molar refractivity (Wildman–Crippen MR) is 90.0 cm³/mol. The molecule has 2 rings (SSSR count). The van der Waals surface area contributed by atoms with E-state index in [-0.39, 0.29) is 11.8 Å². The molecule has 0 aromatic heterocycles. The number of alkyl halides is 2. The number of carbonyl (C=O) groups excluding carboxylic acids is 1. The van der Waals surface area contributed by atoms with Crippen LogP contribution >= 0.6 is 0 Å². The van der Waals surface area contributed by atoms with Crippen molar-refractivity contribution in [3.05, 3.63) is 59.7 Å². The van der Waals surface area contributed by atoms with Gasteiger partial charge in [0.25, 0.3) is 0 Å². The van der Waals surface area contributed by atoms with Gasteiger partial charge in [-0.1, -0.05) is 30.3 Å². The molecule has 0 bridgehead atoms. The number of urea groups is 1. The molecule has 2 aromatic carbocycles. The molecular formula is C18H20F2N2O3. The number of ether oxygens (including phenoxy) is 2. The summed E-state index contributed by atoms with van der Waals surface area (Å²) in [4.78, 5) is 11.8. The molecule has 0 aliphatic carbocycles. The Kier molecular flexibility index (Phi) is 7.00. The fraction of sp³-hybridized carbons (Fsp3) is 0.278. The molecule has 134 valence electrons. The van der Waals surface area contributed by atoms with E-state index in [4.69, 9.17) is 4.74 Å². The van der Waals surface area contributed by atoms with E-state index in [0.717, 1.165) is 11.1 Å². The molecule has 0 saturated heterocycles. The Morgan fingerprint density at radius 1 is 1.08 bits per heavy atom. The maximum absolute atomic E-state index is 12.1. The molecule has 0 atom stereocenters. The summed E-state index contributed by atoms with van der Waals surface area (Å²) in [5, 5.41) is 5.50. The minimum absolute atomic E-state index is 0.112. The number of carbonyl (C=O) groups is 1. The fourth-order valence-corrected chi connectivity index (χ4v) is 2.24. The van der Waals surface area contributed by atoms with Crippen molar-refractivity contribution in [2.45, 2.75) is 19.6 Å². The third-order valence-electron chi connectivity index (χ3n) is 3.48. The topological polar surface area (TPSA) is 59.6 Å². The van der Waals surface area contributed by atoms with Crippen LogP contribution in [0.3, 0.4) is 0 Å². The Balaban J connectivity index is 1.71. The minimum Gasteiger partial charge on any atom is -0.496 e. The quantitative estimate of drug-likeness (QED) is 0.768. The molecule has 25 heavy (non-hydrogen) atoms. The van der Waals surface area contributed by atoms with Crippen LogP contribution in [0.2, 0.25) is 0 Å². The van der Waals surface area contributed by atoms with Crippen molar-refractivity contribution < 1.29 is 23.0 Å². The number of hydrogen-bond donors (Lipinski definition) is 2. The molecule has 7 heteroatoms. The molecule has 0 spiro atoms. The van der Waals surface area contributed by atoms with E-state index in [1.807, 2.05) is 24.3 Å². The highest BCUT2D eigenvalue weighted by Gasteiger charge is 2.06. The molecule has 0 fully saturated rings. The molecular weight excluding hydrogens is 330 g/mol. The largest absolute Gasteiger partial charge is 0.496 e. The summed E-state index contributed by atoms with van der Waals surface area (Å²) in [5.74, 6) is 0.829. The smallest absolute Gasteiger partial charge is 0.387 e. The highest BCUT2D eigenvalue weighted by atomic mass is 19.3. The predicted octanol–water partition coefficient (Wildman–Crippen LogP) is 3.34. The van der Waals surface area contributed by atoms with Gasteiger partial charge in [-0.05, 0) is 30.2 Å². The Bertz CT molecular complexity index is 678. The monoisotopic (exact) mass is 350 g/mol. The SMILES string of the molecule is COc1ccccc1CNC(=O)NCCc1ccc(OC(F)F)cc1. The summed E-state index contributed by atoms with van der Waals surface area (Å²) >= 11 is 0. The molecule has 0 aliphatic rings. The van der Waals surface area contributed by atoms with Crippen molar-refractivity contribution in [1.29, 1.82) is 0 Å². The summed E-state index contributed by atoms with van der Waals surface area (Å²) < 4.78 is 33.6. The van der Waals surface area contributed by atoms with Gasteiger partial charge in [-0.3, -0.25) is 0 Å². The number of nitrogens with one attached hydrogen (secondary N) is 2. The van der Waals surface area contributed by atoms with E-state index in [1.54, 1.807) is 19.2 Å². The van der Waals surface area contributed by atoms with Crippen molar-refractivity contribution in [2.24, 2.45) is 0 Å². The summed E-state index contributed by atoms with van der Waals surface area (Å²) in [6.07, 6.45) is 0.580. The number of para-hydroxylation sites is 1. The molecule has 5 nitrogen and oxygen atoms in total. The zero-order valence-electron chi connectivity index (χ0n) is 13.8. The van der Waals surface area contributed by atoms with Gasteiger partial charge in [-0.25, -0.2) is 4.79 Å². The first-order valence-electron chi connectivity index (χ1n) is 7.76. The van der Waals surface area contributed by atoms with Gasteiger partial charge in [0.2, 0.25) is 0 Å². The Labute approximate surface area is 144 Å². The van der Waals surface area contributed by atoms with Gasteiger partial charge >= 0.3 is 12.6 Å². The van der Waals surface area contributed by atoms with Gasteiger partial charge in [0.05, 0.1) is 7.11 Å². The molecule has 2 aromatic rings. The van der Waals surface area contributed by atoms with E-state index < -0.39 is 6.61 Å². The number of halogens is 2. The molecule has 0 unspecified atom stereocenters. The normalized spacial score (nSPS) is 10.4. The first-order chi connectivity index (χ1) is 12.1. The van der Waals surface area contributed by atoms with Crippen LogP contribution < -0.4 is 20.1 Å². The Morgan fingerprint density at radius 2 is 1.80 bits per heavy atom. The van der Waals surface area contributed by atoms with Gasteiger partial charge in [0.1, 0.15) is 11.5 Å². The molecule has 0 radical (unpaired) electrons. The Hall–Kier alpha value is -2.83. The number of methoxy groups -OCH3 is 1. The standard InChI is InChI=1S/C18H20F2N2O3/c1-24-16-5-3-2-4-14(16)12-22-18(23)21-11-10-13-6-8-15(9-7-13)25-17(19)20/h2-9,17H,10-12H2,1H3,(H2,21,22,23). The van der Waals surface area contributed by atoms with E-state index >= 15 is 0 Å². The summed E-state index contributed by atoms with van der Waals surface area (Å²) in [6.45, 7) is -2.05. The van der Waals surface area contributed by atoms with Crippen molar-refractivity contribution in [2.75, 3.05) is 13.7 Å². The fourth-order valence-electron chi connectivity index (χ4n) is 2.24. The summed E-state index contributed by atoms with van der Waals surface area (Å²) in [6, 6.07) is 13.5. The summed E-state index contributed by atoms with van der Waals surface area (Å²) in [5.41, 5.74) is 1.79. The molecule has 2 N–H and O–H groups in total. The molecule has 0 aliphatic heterocycles. The van der Waals surface area contributed by atoms with Crippen LogP contribution in [0.1, 0.15) is 11.1 Å². The van der Waals surface area contributed by atoms with Gasteiger partial charge in [-0.2, -0.15) is 8.78 Å². The maximum atomic E-state index is 12.1. The van der Waals surface area contributed by atoms with E-state index in [9.17, 15) is 13.6 Å². The van der Waals surface area contributed by atoms with E-state index in [2.05, 4.69) is 15.4 Å². The zero-order chi connectivity index (χ0) is 18.1. The molecule has 0 heterocycles. The number of rotatable bonds is 8. The zero-order valence-corrected chi connectivity index (χ0v) is 13.8. The second-order valence-electron chi connectivity index (χ2n) is 5.19. The van der Waals surface area contributed by atoms with Gasteiger partial charge < -0.3 is 20.1 Å². The second-order valence-corrected chi connectivity index (χ2v) is 5.19. The van der Waals surface area contributed by atoms with Crippen molar-refractivity contribution in [3.8, 4) is 11.5 Å². The minimum atomic E-state index is -2.83. The number of hydrogen-bond acceptors (Lipinski definition) is 3. The van der Waals surface area contributed by atoms with E-state index in [1.165, 1.54) is 12.1 Å². The number of benzene rings is 2. The maximum Gasteiger partial charge on any atom is 0.387 e. The first kappa shape index (κ1) is 18.5. The van der Waals surface area contributed by atoms with Crippen LogP contribution in [0.4, 0.5) is 13.6 Å². The lowest BCUT2D eigenvalue weighted by molar-refractivity contribution is -0.0498. The van der Waals surface area contributed by atoms with Crippen molar-refractivity contribution >= 4 is 6.03 Å². The molecule has 2 amide bonds. The third-order valence-corrected chi connectivity index (χ3v) is 3.48. The Morgan fingerprint density at radius 3 is 2.48 bits per heavy atom. The van der Waals surface area contributed by atoms with Crippen LogP contribution in [-0.4, -0.2) is 26.3 Å². The van der Waals surface area contributed by atoms with Crippen LogP contribution in [0.15, 0.2) is 48.5 Å². The second kappa shape index (κ2) is 9.46. The van der Waals surface area contributed by atoms with E-state index in [0.29, 0.717) is 25.3 Å². The van der Waals surface area contributed by atoms with Gasteiger partial charge in [0, 0.05) is 18.7 Å². The average molecular weight is 350 g/mol. The third kappa shape index (κ3) is 6.29. The van der Waals surface area contributed by atoms with Crippen molar-refractivity contribution in [3.63, 3.8) is 0 Å². The van der Waals surface area contributed by atoms with Crippen molar-refractivity contribution in [1.82, 2.24) is 10.6 Å². The highest BCUT2D eigenvalue weighted by molar-refractivity contribution is 5.73. The number of amides is 2. The van der Waals surface area contributed by atoms with Gasteiger partial charge in [0.15, 0.2) is 0 Å². The van der Waals surface area contributed by atoms with Crippen LogP contribution in [0.25, 0.3) is 0 Å². The van der Waals surface area contributed by atoms with Gasteiger partial charge in [-0.15, -0.1) is 0 Å². The lowest BCUT2D eigenvalue weighted by atomic mass is 10.1. The average Bonchev–Trinajstić information content (AvgIpc) is 2.61. The highest BCUT2D eigenvalue weighted by Crippen LogP contribution is 2.17. The molecule has 0 saturated carbocycles.